The summed E-state index contributed by atoms with van der Waals surface area (Å²) in [7, 11) is 0. The number of fused-ring (bicyclic) bond motifs is 1. The van der Waals surface area contributed by atoms with Crippen molar-refractivity contribution in [2.24, 2.45) is 0 Å². The molecule has 1 N–H and O–H groups in total. The molecule has 1 saturated heterocycles. The number of aromatic nitrogens is 3. The molecule has 5 heteroatoms. The molecule has 0 spiro atoms. The largest absolute Gasteiger partial charge is 0.507 e. The molecule has 1 aliphatic rings. The summed E-state index contributed by atoms with van der Waals surface area (Å²) in [5.41, 5.74) is 1.45. The third-order valence-electron chi connectivity index (χ3n) is 4.03. The Morgan fingerprint density at radius 3 is 2.64 bits per heavy atom. The lowest BCUT2D eigenvalue weighted by molar-refractivity contribution is 0.476. The zero-order chi connectivity index (χ0) is 14.9. The van der Waals surface area contributed by atoms with Gasteiger partial charge in [-0.3, -0.25) is 4.98 Å². The minimum Gasteiger partial charge on any atom is -0.507 e. The Morgan fingerprint density at radius 1 is 1.00 bits per heavy atom. The van der Waals surface area contributed by atoms with E-state index >= 15 is 0 Å². The molecule has 0 amide bonds. The average Bonchev–Trinajstić information content (AvgIpc) is 3.08. The average molecular weight is 292 g/mol. The highest BCUT2D eigenvalue weighted by molar-refractivity contribution is 5.91. The third kappa shape index (κ3) is 2.15. The molecule has 110 valence electrons. The Labute approximate surface area is 128 Å². The van der Waals surface area contributed by atoms with Gasteiger partial charge >= 0.3 is 0 Å². The number of benzene rings is 1. The maximum Gasteiger partial charge on any atom is 0.167 e. The van der Waals surface area contributed by atoms with E-state index < -0.39 is 0 Å². The molecular formula is C17H16N4O. The van der Waals surface area contributed by atoms with Crippen LogP contribution in [0, 0.1) is 0 Å². The van der Waals surface area contributed by atoms with Crippen molar-refractivity contribution >= 4 is 16.7 Å². The zero-order valence-electron chi connectivity index (χ0n) is 12.1. The van der Waals surface area contributed by atoms with Gasteiger partial charge < -0.3 is 10.0 Å². The van der Waals surface area contributed by atoms with Gasteiger partial charge in [-0.15, -0.1) is 0 Å². The van der Waals surface area contributed by atoms with Gasteiger partial charge in [0.25, 0.3) is 0 Å². The maximum atomic E-state index is 10.1. The summed E-state index contributed by atoms with van der Waals surface area (Å²) in [6, 6.07) is 9.56. The molecule has 5 nitrogen and oxygen atoms in total. The fraction of sp³-hybridized carbons (Fsp3) is 0.235. The van der Waals surface area contributed by atoms with Crippen molar-refractivity contribution in [1.82, 2.24) is 15.0 Å². The molecule has 0 unspecified atom stereocenters. The number of para-hydroxylation sites is 1. The van der Waals surface area contributed by atoms with E-state index in [2.05, 4.69) is 20.9 Å². The van der Waals surface area contributed by atoms with E-state index in [0.717, 1.165) is 29.8 Å². The predicted molar refractivity (Wildman–Crippen MR) is 85.9 cm³/mol. The summed E-state index contributed by atoms with van der Waals surface area (Å²) in [6.07, 6.45) is 5.53. The van der Waals surface area contributed by atoms with E-state index in [-0.39, 0.29) is 5.75 Å². The van der Waals surface area contributed by atoms with Crippen LogP contribution in [-0.4, -0.2) is 33.1 Å². The molecule has 0 saturated carbocycles. The maximum absolute atomic E-state index is 10.1. The summed E-state index contributed by atoms with van der Waals surface area (Å²) < 4.78 is 0. The minimum absolute atomic E-state index is 0.151. The molecule has 0 aliphatic carbocycles. The van der Waals surface area contributed by atoms with Gasteiger partial charge in [0, 0.05) is 30.9 Å². The van der Waals surface area contributed by atoms with Gasteiger partial charge in [-0.05, 0) is 31.0 Å². The zero-order valence-corrected chi connectivity index (χ0v) is 12.1. The molecule has 3 heterocycles. The molecular weight excluding hydrogens is 276 g/mol. The highest BCUT2D eigenvalue weighted by Gasteiger charge is 2.19. The van der Waals surface area contributed by atoms with Crippen LogP contribution in [0.15, 0.2) is 42.7 Å². The predicted octanol–water partition coefficient (Wildman–Crippen LogP) is 3.00. The minimum atomic E-state index is 0.151. The monoisotopic (exact) mass is 292 g/mol. The number of nitrogens with zero attached hydrogens (tertiary/aromatic N) is 4. The molecule has 1 aliphatic heterocycles. The van der Waals surface area contributed by atoms with Crippen LogP contribution in [0.25, 0.3) is 22.3 Å². The molecule has 0 atom stereocenters. The van der Waals surface area contributed by atoms with Gasteiger partial charge in [-0.25, -0.2) is 9.97 Å². The molecule has 0 radical (unpaired) electrons. The second-order valence-electron chi connectivity index (χ2n) is 5.47. The van der Waals surface area contributed by atoms with Gasteiger partial charge in [-0.2, -0.15) is 0 Å². The van der Waals surface area contributed by atoms with Crippen molar-refractivity contribution in [2.75, 3.05) is 18.0 Å². The summed E-state index contributed by atoms with van der Waals surface area (Å²) in [5.74, 6) is 1.62. The van der Waals surface area contributed by atoms with Gasteiger partial charge in [0.15, 0.2) is 5.82 Å². The molecule has 2 aromatic heterocycles. The number of pyridine rings is 1. The van der Waals surface area contributed by atoms with Crippen molar-refractivity contribution < 1.29 is 5.11 Å². The Hall–Kier alpha value is -2.69. The standard InChI is InChI=1S/C17H16N4O/c22-15-7-8-18-11-13(15)16-19-14-6-2-1-5-12(14)17(20-16)21-9-3-4-10-21/h1-2,5-8,11H,3-4,9-10H2,(H,18,22). The van der Waals surface area contributed by atoms with Crippen molar-refractivity contribution in [3.8, 4) is 17.1 Å². The third-order valence-corrected chi connectivity index (χ3v) is 4.03. The van der Waals surface area contributed by atoms with Crippen LogP contribution in [0.3, 0.4) is 0 Å². The fourth-order valence-electron chi connectivity index (χ4n) is 2.91. The van der Waals surface area contributed by atoms with E-state index in [1.807, 2.05) is 18.2 Å². The molecule has 4 rings (SSSR count). The van der Waals surface area contributed by atoms with Crippen LogP contribution < -0.4 is 4.90 Å². The molecule has 1 aromatic carbocycles. The van der Waals surface area contributed by atoms with Crippen molar-refractivity contribution in [2.45, 2.75) is 12.8 Å². The highest BCUT2D eigenvalue weighted by atomic mass is 16.3. The number of aromatic hydroxyl groups is 1. The van der Waals surface area contributed by atoms with E-state index in [9.17, 15) is 5.11 Å². The quantitative estimate of drug-likeness (QED) is 0.786. The van der Waals surface area contributed by atoms with Crippen LogP contribution in [0.2, 0.25) is 0 Å². The van der Waals surface area contributed by atoms with Crippen LogP contribution in [0.4, 0.5) is 5.82 Å². The van der Waals surface area contributed by atoms with Crippen LogP contribution in [-0.2, 0) is 0 Å². The molecule has 1 fully saturated rings. The molecule has 3 aromatic rings. The first-order valence-electron chi connectivity index (χ1n) is 7.48. The van der Waals surface area contributed by atoms with E-state index in [4.69, 9.17) is 4.98 Å². The van der Waals surface area contributed by atoms with Crippen molar-refractivity contribution in [3.05, 3.63) is 42.7 Å². The van der Waals surface area contributed by atoms with Gasteiger partial charge in [0.1, 0.15) is 11.6 Å². The second-order valence-corrected chi connectivity index (χ2v) is 5.47. The smallest absolute Gasteiger partial charge is 0.167 e. The lowest BCUT2D eigenvalue weighted by atomic mass is 10.2. The van der Waals surface area contributed by atoms with Crippen molar-refractivity contribution in [1.29, 1.82) is 0 Å². The SMILES string of the molecule is Oc1ccncc1-c1nc(N2CCCC2)c2ccccc2n1. The number of rotatable bonds is 2. The van der Waals surface area contributed by atoms with Crippen molar-refractivity contribution in [3.63, 3.8) is 0 Å². The number of hydrogen-bond donors (Lipinski definition) is 1. The Bertz CT molecular complexity index is 828. The van der Waals surface area contributed by atoms with E-state index in [1.54, 1.807) is 18.5 Å². The summed E-state index contributed by atoms with van der Waals surface area (Å²) in [6.45, 7) is 2.03. The summed E-state index contributed by atoms with van der Waals surface area (Å²) in [5, 5.41) is 11.1. The Balaban J connectivity index is 1.95. The summed E-state index contributed by atoms with van der Waals surface area (Å²) >= 11 is 0. The first-order valence-corrected chi connectivity index (χ1v) is 7.48. The number of anilines is 1. The van der Waals surface area contributed by atoms with Crippen LogP contribution in [0.1, 0.15) is 12.8 Å². The van der Waals surface area contributed by atoms with E-state index in [0.29, 0.717) is 11.4 Å². The first kappa shape index (κ1) is 13.0. The second kappa shape index (κ2) is 5.26. The number of hydrogen-bond acceptors (Lipinski definition) is 5. The van der Waals surface area contributed by atoms with Gasteiger partial charge in [0.05, 0.1) is 11.1 Å². The Kier molecular flexibility index (Phi) is 3.11. The lowest BCUT2D eigenvalue weighted by Gasteiger charge is -2.19. The van der Waals surface area contributed by atoms with Crippen LogP contribution >= 0.6 is 0 Å². The Morgan fingerprint density at radius 2 is 1.82 bits per heavy atom. The first-order chi connectivity index (χ1) is 10.8. The van der Waals surface area contributed by atoms with Gasteiger partial charge in [0.2, 0.25) is 0 Å². The highest BCUT2D eigenvalue weighted by Crippen LogP contribution is 2.32. The van der Waals surface area contributed by atoms with Crippen LogP contribution in [0.5, 0.6) is 5.75 Å². The molecule has 22 heavy (non-hydrogen) atoms. The molecule has 0 bridgehead atoms. The summed E-state index contributed by atoms with van der Waals surface area (Å²) in [4.78, 5) is 15.7. The van der Waals surface area contributed by atoms with Gasteiger partial charge in [-0.1, -0.05) is 12.1 Å². The topological polar surface area (TPSA) is 62.1 Å². The lowest BCUT2D eigenvalue weighted by Crippen LogP contribution is -2.20. The van der Waals surface area contributed by atoms with E-state index in [1.165, 1.54) is 12.8 Å². The fourth-order valence-corrected chi connectivity index (χ4v) is 2.91. The normalized spacial score (nSPS) is 14.6.